The Morgan fingerprint density at radius 1 is 1.47 bits per heavy atom. The Morgan fingerprint density at radius 3 is 3.00 bits per heavy atom. The molecule has 104 valence electrons. The molecule has 4 nitrogen and oxygen atoms in total. The van der Waals surface area contributed by atoms with Crippen LogP contribution in [0.3, 0.4) is 0 Å². The van der Waals surface area contributed by atoms with Crippen LogP contribution >= 0.6 is 0 Å². The summed E-state index contributed by atoms with van der Waals surface area (Å²) in [5, 5.41) is 2.51. The number of hydrogen-bond donors (Lipinski definition) is 2. The molecule has 1 aromatic carbocycles. The number of nitrogens with one attached hydrogen (secondary N) is 1. The van der Waals surface area contributed by atoms with E-state index in [1.807, 2.05) is 0 Å². The summed E-state index contributed by atoms with van der Waals surface area (Å²) >= 11 is 0. The molecule has 0 heterocycles. The Labute approximate surface area is 112 Å². The van der Waals surface area contributed by atoms with Gasteiger partial charge in [-0.25, -0.2) is 4.39 Å². The lowest BCUT2D eigenvalue weighted by Crippen LogP contribution is -2.13. The van der Waals surface area contributed by atoms with E-state index in [9.17, 15) is 9.18 Å². The van der Waals surface area contributed by atoms with Crippen molar-refractivity contribution in [1.29, 1.82) is 0 Å². The Hall–Kier alpha value is -1.62. The number of rotatable bonds is 7. The number of amides is 1. The molecule has 0 radical (unpaired) electrons. The maximum atomic E-state index is 13.4. The average molecular weight is 266 g/mol. The summed E-state index contributed by atoms with van der Waals surface area (Å²) in [7, 11) is 0. The van der Waals surface area contributed by atoms with E-state index in [1.54, 1.807) is 0 Å². The molecule has 0 spiro atoms. The Balaban J connectivity index is 1.66. The standard InChI is InChI=1S/C14H19FN2O2/c15-12-6-5-11(16)8-13(12)17-14(18)2-1-7-19-9-10-3-4-10/h5-6,8,10H,1-4,7,9,16H2,(H,17,18). The molecule has 3 N–H and O–H groups in total. The summed E-state index contributed by atoms with van der Waals surface area (Å²) in [4.78, 5) is 11.6. The highest BCUT2D eigenvalue weighted by Crippen LogP contribution is 2.28. The molecular formula is C14H19FN2O2. The molecule has 5 heteroatoms. The van der Waals surface area contributed by atoms with Crippen LogP contribution in [0.5, 0.6) is 0 Å². The van der Waals surface area contributed by atoms with Gasteiger partial charge in [-0.15, -0.1) is 0 Å². The summed E-state index contributed by atoms with van der Waals surface area (Å²) in [6.45, 7) is 1.37. The summed E-state index contributed by atoms with van der Waals surface area (Å²) in [5.74, 6) is 0.0299. The second kappa shape index (κ2) is 6.52. The maximum absolute atomic E-state index is 13.4. The van der Waals surface area contributed by atoms with E-state index in [0.717, 1.165) is 12.5 Å². The van der Waals surface area contributed by atoms with E-state index in [2.05, 4.69) is 5.32 Å². The molecule has 1 aliphatic carbocycles. The van der Waals surface area contributed by atoms with E-state index < -0.39 is 5.82 Å². The number of hydrogen-bond acceptors (Lipinski definition) is 3. The normalized spacial score (nSPS) is 14.4. The predicted molar refractivity (Wildman–Crippen MR) is 72.2 cm³/mol. The Kier molecular flexibility index (Phi) is 4.74. The Morgan fingerprint density at radius 2 is 2.26 bits per heavy atom. The smallest absolute Gasteiger partial charge is 0.224 e. The van der Waals surface area contributed by atoms with Gasteiger partial charge in [0.2, 0.25) is 5.91 Å². The zero-order valence-corrected chi connectivity index (χ0v) is 10.8. The fraction of sp³-hybridized carbons (Fsp3) is 0.500. The molecule has 0 aromatic heterocycles. The summed E-state index contributed by atoms with van der Waals surface area (Å²) in [6, 6.07) is 4.11. The van der Waals surface area contributed by atoms with Gasteiger partial charge >= 0.3 is 0 Å². The molecular weight excluding hydrogens is 247 g/mol. The minimum absolute atomic E-state index is 0.129. The van der Waals surface area contributed by atoms with Crippen LogP contribution in [-0.2, 0) is 9.53 Å². The monoisotopic (exact) mass is 266 g/mol. The minimum atomic E-state index is -0.479. The number of halogens is 1. The molecule has 1 aliphatic rings. The first-order chi connectivity index (χ1) is 9.15. The number of ether oxygens (including phenoxy) is 1. The lowest BCUT2D eigenvalue weighted by atomic mass is 10.2. The fourth-order valence-corrected chi connectivity index (χ4v) is 1.72. The number of carbonyl (C=O) groups excluding carboxylic acids is 1. The van der Waals surface area contributed by atoms with Gasteiger partial charge in [-0.1, -0.05) is 0 Å². The molecule has 1 aromatic rings. The van der Waals surface area contributed by atoms with Crippen molar-refractivity contribution in [3.63, 3.8) is 0 Å². The highest BCUT2D eigenvalue weighted by atomic mass is 19.1. The first-order valence-corrected chi connectivity index (χ1v) is 6.58. The Bertz CT molecular complexity index is 447. The van der Waals surface area contributed by atoms with E-state index in [1.165, 1.54) is 31.0 Å². The van der Waals surface area contributed by atoms with Gasteiger partial charge in [0.1, 0.15) is 5.82 Å². The van der Waals surface area contributed by atoms with Crippen molar-refractivity contribution < 1.29 is 13.9 Å². The van der Waals surface area contributed by atoms with Gasteiger partial charge in [0.25, 0.3) is 0 Å². The largest absolute Gasteiger partial charge is 0.399 e. The number of benzene rings is 1. The summed E-state index contributed by atoms with van der Waals surface area (Å²) in [5.41, 5.74) is 6.09. The van der Waals surface area contributed by atoms with Gasteiger partial charge in [0, 0.05) is 25.3 Å². The van der Waals surface area contributed by atoms with Gasteiger partial charge in [-0.2, -0.15) is 0 Å². The van der Waals surface area contributed by atoms with Crippen LogP contribution in [0.4, 0.5) is 15.8 Å². The van der Waals surface area contributed by atoms with Crippen LogP contribution in [0.1, 0.15) is 25.7 Å². The van der Waals surface area contributed by atoms with Gasteiger partial charge < -0.3 is 15.8 Å². The third kappa shape index (κ3) is 4.87. The third-order valence-corrected chi connectivity index (χ3v) is 3.01. The van der Waals surface area contributed by atoms with Crippen molar-refractivity contribution in [2.24, 2.45) is 5.92 Å². The van der Waals surface area contributed by atoms with Gasteiger partial charge in [-0.05, 0) is 43.4 Å². The van der Waals surface area contributed by atoms with Crippen LogP contribution in [0.2, 0.25) is 0 Å². The quantitative estimate of drug-likeness (QED) is 0.589. The summed E-state index contributed by atoms with van der Waals surface area (Å²) in [6.07, 6.45) is 3.48. The molecule has 0 unspecified atom stereocenters. The van der Waals surface area contributed by atoms with Crippen LogP contribution in [-0.4, -0.2) is 19.1 Å². The number of nitrogen functional groups attached to an aromatic ring is 1. The highest BCUT2D eigenvalue weighted by molar-refractivity contribution is 5.91. The van der Waals surface area contributed by atoms with E-state index in [0.29, 0.717) is 25.1 Å². The number of anilines is 2. The molecule has 1 fully saturated rings. The van der Waals surface area contributed by atoms with Gasteiger partial charge in [-0.3, -0.25) is 4.79 Å². The van der Waals surface area contributed by atoms with Crippen LogP contribution in [0, 0.1) is 11.7 Å². The molecule has 2 rings (SSSR count). The zero-order chi connectivity index (χ0) is 13.7. The van der Waals surface area contributed by atoms with Crippen LogP contribution < -0.4 is 11.1 Å². The van der Waals surface area contributed by atoms with Crippen molar-refractivity contribution in [3.8, 4) is 0 Å². The number of carbonyl (C=O) groups is 1. The van der Waals surface area contributed by atoms with Crippen molar-refractivity contribution in [2.45, 2.75) is 25.7 Å². The second-order valence-corrected chi connectivity index (χ2v) is 4.91. The zero-order valence-electron chi connectivity index (χ0n) is 10.8. The second-order valence-electron chi connectivity index (χ2n) is 4.91. The minimum Gasteiger partial charge on any atom is -0.399 e. The maximum Gasteiger partial charge on any atom is 0.224 e. The first kappa shape index (κ1) is 13.8. The van der Waals surface area contributed by atoms with Crippen molar-refractivity contribution in [1.82, 2.24) is 0 Å². The molecule has 19 heavy (non-hydrogen) atoms. The predicted octanol–water partition coefficient (Wildman–Crippen LogP) is 2.55. The van der Waals surface area contributed by atoms with Crippen LogP contribution in [0.25, 0.3) is 0 Å². The van der Waals surface area contributed by atoms with E-state index in [-0.39, 0.29) is 11.6 Å². The molecule has 1 amide bonds. The highest BCUT2D eigenvalue weighted by Gasteiger charge is 2.20. The van der Waals surface area contributed by atoms with Crippen molar-refractivity contribution in [2.75, 3.05) is 24.3 Å². The third-order valence-electron chi connectivity index (χ3n) is 3.01. The van der Waals surface area contributed by atoms with Crippen molar-refractivity contribution in [3.05, 3.63) is 24.0 Å². The van der Waals surface area contributed by atoms with E-state index in [4.69, 9.17) is 10.5 Å². The number of nitrogens with two attached hydrogens (primary N) is 1. The molecule has 1 saturated carbocycles. The SMILES string of the molecule is Nc1ccc(F)c(NC(=O)CCCOCC2CC2)c1. The molecule has 0 aliphatic heterocycles. The lowest BCUT2D eigenvalue weighted by Gasteiger charge is -2.07. The van der Waals surface area contributed by atoms with Crippen molar-refractivity contribution >= 4 is 17.3 Å². The van der Waals surface area contributed by atoms with E-state index >= 15 is 0 Å². The van der Waals surface area contributed by atoms with Gasteiger partial charge in [0.15, 0.2) is 0 Å². The lowest BCUT2D eigenvalue weighted by molar-refractivity contribution is -0.116. The molecule has 0 atom stereocenters. The average Bonchev–Trinajstić information content (AvgIpc) is 3.17. The molecule has 0 bridgehead atoms. The molecule has 0 saturated heterocycles. The summed E-state index contributed by atoms with van der Waals surface area (Å²) < 4.78 is 18.8. The first-order valence-electron chi connectivity index (χ1n) is 6.58. The van der Waals surface area contributed by atoms with Gasteiger partial charge in [0.05, 0.1) is 5.69 Å². The topological polar surface area (TPSA) is 64.3 Å². The van der Waals surface area contributed by atoms with Crippen LogP contribution in [0.15, 0.2) is 18.2 Å². The fourth-order valence-electron chi connectivity index (χ4n) is 1.72.